The molecule has 0 radical (unpaired) electrons. The van der Waals surface area contributed by atoms with Gasteiger partial charge in [-0.25, -0.2) is 0 Å². The number of likely N-dealkylation sites (N-methyl/N-ethyl adjacent to an activating group) is 1. The van der Waals surface area contributed by atoms with Gasteiger partial charge in [0, 0.05) is 37.9 Å². The third-order valence-electron chi connectivity index (χ3n) is 3.50. The minimum Gasteiger partial charge on any atom is -0.329 e. The fourth-order valence-corrected chi connectivity index (χ4v) is 2.71. The summed E-state index contributed by atoms with van der Waals surface area (Å²) in [4.78, 5) is 2.35. The van der Waals surface area contributed by atoms with Crippen LogP contribution in [-0.4, -0.2) is 34.3 Å². The van der Waals surface area contributed by atoms with Crippen LogP contribution >= 0.6 is 0 Å². The van der Waals surface area contributed by atoms with Crippen molar-refractivity contribution in [2.24, 2.45) is 24.6 Å². The molecule has 2 unspecified atom stereocenters. The molecule has 0 saturated carbocycles. The van der Waals surface area contributed by atoms with E-state index in [0.29, 0.717) is 18.5 Å². The van der Waals surface area contributed by atoms with E-state index in [1.54, 1.807) is 0 Å². The van der Waals surface area contributed by atoms with Crippen molar-refractivity contribution in [3.8, 4) is 0 Å². The summed E-state index contributed by atoms with van der Waals surface area (Å²) in [7, 11) is 4.10. The smallest absolute Gasteiger partial charge is 0.0534 e. The topological polar surface area (TPSA) is 47.1 Å². The molecule has 1 aromatic rings. The van der Waals surface area contributed by atoms with Crippen LogP contribution in [0.3, 0.4) is 0 Å². The lowest BCUT2D eigenvalue weighted by Gasteiger charge is -2.32. The fraction of sp³-hybridized carbons (Fsp3) is 0.786. The monoisotopic (exact) mass is 252 g/mol. The lowest BCUT2D eigenvalue weighted by Crippen LogP contribution is -2.42. The van der Waals surface area contributed by atoms with Crippen LogP contribution in [0.2, 0.25) is 0 Å². The summed E-state index contributed by atoms with van der Waals surface area (Å²) in [5.41, 5.74) is 7.19. The van der Waals surface area contributed by atoms with Gasteiger partial charge in [0.05, 0.1) is 6.20 Å². The molecule has 0 amide bonds. The van der Waals surface area contributed by atoms with Crippen molar-refractivity contribution in [2.75, 3.05) is 13.6 Å². The Hall–Kier alpha value is -0.870. The maximum Gasteiger partial charge on any atom is 0.0534 e. The van der Waals surface area contributed by atoms with Gasteiger partial charge in [-0.1, -0.05) is 20.8 Å². The van der Waals surface area contributed by atoms with Gasteiger partial charge < -0.3 is 5.73 Å². The second-order valence-electron chi connectivity index (χ2n) is 5.85. The normalized spacial score (nSPS) is 15.3. The molecular weight excluding hydrogens is 224 g/mol. The second kappa shape index (κ2) is 6.90. The van der Waals surface area contributed by atoms with Crippen molar-refractivity contribution in [3.63, 3.8) is 0 Å². The number of nitrogens with two attached hydrogens (primary N) is 1. The van der Waals surface area contributed by atoms with E-state index < -0.39 is 0 Å². The minimum atomic E-state index is 0.438. The first-order valence-electron chi connectivity index (χ1n) is 6.81. The van der Waals surface area contributed by atoms with Crippen molar-refractivity contribution >= 4 is 0 Å². The number of aromatic nitrogens is 2. The minimum absolute atomic E-state index is 0.438. The first kappa shape index (κ1) is 15.2. The molecule has 0 aliphatic heterocycles. The predicted octanol–water partition coefficient (Wildman–Crippen LogP) is 1.86. The quantitative estimate of drug-likeness (QED) is 0.806. The third-order valence-corrected chi connectivity index (χ3v) is 3.50. The average Bonchev–Trinajstić information content (AvgIpc) is 2.63. The molecular formula is C14H28N4. The number of rotatable bonds is 7. The van der Waals surface area contributed by atoms with E-state index >= 15 is 0 Å². The van der Waals surface area contributed by atoms with Crippen LogP contribution in [0.5, 0.6) is 0 Å². The Bertz CT molecular complexity index is 345. The molecule has 0 fully saturated rings. The summed E-state index contributed by atoms with van der Waals surface area (Å²) in [6.07, 6.45) is 5.22. The van der Waals surface area contributed by atoms with Gasteiger partial charge in [0.15, 0.2) is 0 Å². The largest absolute Gasteiger partial charge is 0.329 e. The van der Waals surface area contributed by atoms with Gasteiger partial charge in [-0.05, 0) is 25.3 Å². The first-order chi connectivity index (χ1) is 8.43. The van der Waals surface area contributed by atoms with Gasteiger partial charge >= 0.3 is 0 Å². The van der Waals surface area contributed by atoms with E-state index in [2.05, 4.69) is 44.0 Å². The van der Waals surface area contributed by atoms with E-state index in [1.165, 1.54) is 12.0 Å². The maximum absolute atomic E-state index is 5.95. The lowest BCUT2D eigenvalue weighted by molar-refractivity contribution is 0.166. The number of aryl methyl sites for hydroxylation is 1. The van der Waals surface area contributed by atoms with Crippen molar-refractivity contribution in [3.05, 3.63) is 18.0 Å². The number of nitrogens with zero attached hydrogens (tertiary/aromatic N) is 3. The van der Waals surface area contributed by atoms with Crippen molar-refractivity contribution in [1.29, 1.82) is 0 Å². The molecule has 4 nitrogen and oxygen atoms in total. The van der Waals surface area contributed by atoms with E-state index in [-0.39, 0.29) is 0 Å². The standard InChI is InChI=1S/C14H28N4/c1-11(2)6-12(3)14(7-15)17(4)9-13-8-16-18(5)10-13/h8,10-12,14H,6-7,9,15H2,1-5H3. The highest BCUT2D eigenvalue weighted by molar-refractivity contribution is 5.03. The van der Waals surface area contributed by atoms with Crippen LogP contribution in [0.1, 0.15) is 32.8 Å². The van der Waals surface area contributed by atoms with E-state index in [0.717, 1.165) is 12.5 Å². The van der Waals surface area contributed by atoms with Crippen molar-refractivity contribution in [2.45, 2.75) is 39.8 Å². The van der Waals surface area contributed by atoms with Gasteiger partial charge in [0.25, 0.3) is 0 Å². The Morgan fingerprint density at radius 2 is 2.06 bits per heavy atom. The SMILES string of the molecule is CC(C)CC(C)C(CN)N(C)Cc1cnn(C)c1. The van der Waals surface area contributed by atoms with Crippen LogP contribution < -0.4 is 5.73 Å². The second-order valence-corrected chi connectivity index (χ2v) is 5.85. The van der Waals surface area contributed by atoms with Gasteiger partial charge in [0.2, 0.25) is 0 Å². The number of hydrogen-bond acceptors (Lipinski definition) is 3. The molecule has 1 aromatic heterocycles. The number of hydrogen-bond donors (Lipinski definition) is 1. The van der Waals surface area contributed by atoms with E-state index in [9.17, 15) is 0 Å². The van der Waals surface area contributed by atoms with E-state index in [4.69, 9.17) is 5.73 Å². The van der Waals surface area contributed by atoms with Crippen LogP contribution in [0.4, 0.5) is 0 Å². The van der Waals surface area contributed by atoms with E-state index in [1.807, 2.05) is 17.9 Å². The van der Waals surface area contributed by atoms with Crippen molar-refractivity contribution < 1.29 is 0 Å². The summed E-state index contributed by atoms with van der Waals surface area (Å²) in [6.45, 7) is 8.47. The zero-order valence-corrected chi connectivity index (χ0v) is 12.4. The fourth-order valence-electron chi connectivity index (χ4n) is 2.71. The molecule has 0 spiro atoms. The van der Waals surface area contributed by atoms with Gasteiger partial charge in [-0.2, -0.15) is 5.10 Å². The summed E-state index contributed by atoms with van der Waals surface area (Å²) < 4.78 is 1.85. The Morgan fingerprint density at radius 1 is 1.39 bits per heavy atom. The van der Waals surface area contributed by atoms with Crippen LogP contribution in [0.25, 0.3) is 0 Å². The Labute approximate surface area is 111 Å². The molecule has 0 aliphatic rings. The van der Waals surface area contributed by atoms with Crippen LogP contribution in [0, 0.1) is 11.8 Å². The van der Waals surface area contributed by atoms with Gasteiger partial charge in [-0.3, -0.25) is 9.58 Å². The summed E-state index contributed by atoms with van der Waals surface area (Å²) >= 11 is 0. The van der Waals surface area contributed by atoms with Crippen molar-refractivity contribution in [1.82, 2.24) is 14.7 Å². The summed E-state index contributed by atoms with van der Waals surface area (Å²) in [6, 6.07) is 0.438. The van der Waals surface area contributed by atoms with Crippen LogP contribution in [0.15, 0.2) is 12.4 Å². The third kappa shape index (κ3) is 4.42. The molecule has 1 rings (SSSR count). The molecule has 1 heterocycles. The molecule has 0 aromatic carbocycles. The summed E-state index contributed by atoms with van der Waals surface area (Å²) in [5, 5.41) is 4.21. The van der Waals surface area contributed by atoms with Crippen LogP contribution in [-0.2, 0) is 13.6 Å². The Balaban J connectivity index is 2.58. The molecule has 0 saturated heterocycles. The molecule has 104 valence electrons. The zero-order valence-electron chi connectivity index (χ0n) is 12.4. The average molecular weight is 252 g/mol. The highest BCUT2D eigenvalue weighted by atomic mass is 15.2. The summed E-state index contributed by atoms with van der Waals surface area (Å²) in [5.74, 6) is 1.34. The Kier molecular flexibility index (Phi) is 5.82. The molecule has 4 heteroatoms. The highest BCUT2D eigenvalue weighted by Crippen LogP contribution is 2.19. The van der Waals surface area contributed by atoms with Gasteiger partial charge in [-0.15, -0.1) is 0 Å². The molecule has 2 N–H and O–H groups in total. The predicted molar refractivity (Wildman–Crippen MR) is 76.1 cm³/mol. The zero-order chi connectivity index (χ0) is 13.7. The molecule has 0 bridgehead atoms. The molecule has 2 atom stereocenters. The molecule has 0 aliphatic carbocycles. The maximum atomic E-state index is 5.95. The molecule has 18 heavy (non-hydrogen) atoms. The lowest BCUT2D eigenvalue weighted by atomic mass is 9.91. The first-order valence-corrected chi connectivity index (χ1v) is 6.81. The Morgan fingerprint density at radius 3 is 2.50 bits per heavy atom. The highest BCUT2D eigenvalue weighted by Gasteiger charge is 2.21. The van der Waals surface area contributed by atoms with Gasteiger partial charge in [0.1, 0.15) is 0 Å².